The van der Waals surface area contributed by atoms with Gasteiger partial charge in [0, 0.05) is 10.6 Å². The maximum absolute atomic E-state index is 12.3. The number of ether oxygens (including phenoxy) is 3. The number of hydrogen-bond acceptors (Lipinski definition) is 5. The maximum Gasteiger partial charge on any atom is 0.276 e. The minimum atomic E-state index is -0.506. The highest BCUT2D eigenvalue weighted by Gasteiger charge is 2.10. The summed E-state index contributed by atoms with van der Waals surface area (Å²) in [6.07, 6.45) is 0. The van der Waals surface area contributed by atoms with E-state index < -0.39 is 11.8 Å². The van der Waals surface area contributed by atoms with E-state index in [2.05, 4.69) is 10.9 Å². The van der Waals surface area contributed by atoms with E-state index in [0.29, 0.717) is 34.4 Å². The first-order chi connectivity index (χ1) is 15.4. The number of benzene rings is 3. The predicted octanol–water partition coefficient (Wildman–Crippen LogP) is 4.08. The lowest BCUT2D eigenvalue weighted by molar-refractivity contribution is -0.123. The second-order valence-electron chi connectivity index (χ2n) is 6.88. The van der Waals surface area contributed by atoms with Gasteiger partial charge in [0.25, 0.3) is 11.8 Å². The number of methoxy groups -OCH3 is 1. The van der Waals surface area contributed by atoms with Crippen molar-refractivity contribution in [2.75, 3.05) is 13.7 Å². The molecule has 166 valence electrons. The van der Waals surface area contributed by atoms with Gasteiger partial charge in [-0.2, -0.15) is 0 Å². The Morgan fingerprint density at radius 3 is 2.28 bits per heavy atom. The van der Waals surface area contributed by atoms with Gasteiger partial charge < -0.3 is 14.2 Å². The number of carbonyl (C=O) groups excluding carboxylic acids is 2. The fraction of sp³-hybridized carbons (Fsp3) is 0.167. The zero-order valence-corrected chi connectivity index (χ0v) is 18.4. The van der Waals surface area contributed by atoms with Gasteiger partial charge in [0.15, 0.2) is 18.1 Å². The van der Waals surface area contributed by atoms with Crippen molar-refractivity contribution < 1.29 is 23.8 Å². The van der Waals surface area contributed by atoms with Gasteiger partial charge in [0.2, 0.25) is 0 Å². The molecule has 0 aromatic heterocycles. The average molecular weight is 455 g/mol. The van der Waals surface area contributed by atoms with Crippen molar-refractivity contribution in [3.05, 3.63) is 88.4 Å². The summed E-state index contributed by atoms with van der Waals surface area (Å²) in [6.45, 7) is 1.99. The van der Waals surface area contributed by atoms with Crippen molar-refractivity contribution >= 4 is 23.4 Å². The van der Waals surface area contributed by atoms with Crippen LogP contribution in [0, 0.1) is 6.92 Å². The Morgan fingerprint density at radius 2 is 1.59 bits per heavy atom. The Hall–Kier alpha value is -3.71. The van der Waals surface area contributed by atoms with Crippen LogP contribution in [-0.2, 0) is 11.4 Å². The minimum absolute atomic E-state index is 0.277. The molecule has 7 nitrogen and oxygen atoms in total. The van der Waals surface area contributed by atoms with E-state index in [1.54, 1.807) is 60.7 Å². The van der Waals surface area contributed by atoms with Crippen molar-refractivity contribution in [2.45, 2.75) is 13.5 Å². The van der Waals surface area contributed by atoms with E-state index in [-0.39, 0.29) is 6.61 Å². The molecule has 3 rings (SSSR count). The second-order valence-corrected chi connectivity index (χ2v) is 7.32. The van der Waals surface area contributed by atoms with Gasteiger partial charge in [-0.3, -0.25) is 20.4 Å². The smallest absolute Gasteiger partial charge is 0.276 e. The lowest BCUT2D eigenvalue weighted by atomic mass is 10.1. The molecule has 0 radical (unpaired) electrons. The summed E-state index contributed by atoms with van der Waals surface area (Å²) >= 11 is 5.85. The van der Waals surface area contributed by atoms with E-state index >= 15 is 0 Å². The van der Waals surface area contributed by atoms with Gasteiger partial charge in [-0.25, -0.2) is 0 Å². The Kier molecular flexibility index (Phi) is 7.94. The van der Waals surface area contributed by atoms with E-state index in [1.165, 1.54) is 7.11 Å². The number of aryl methyl sites for hydroxylation is 1. The van der Waals surface area contributed by atoms with Gasteiger partial charge in [-0.1, -0.05) is 29.8 Å². The van der Waals surface area contributed by atoms with Crippen LogP contribution in [0.3, 0.4) is 0 Å². The Morgan fingerprint density at radius 1 is 0.875 bits per heavy atom. The topological polar surface area (TPSA) is 85.9 Å². The third-order valence-electron chi connectivity index (χ3n) is 4.43. The highest BCUT2D eigenvalue weighted by Crippen LogP contribution is 2.27. The normalized spacial score (nSPS) is 10.2. The molecule has 0 heterocycles. The first kappa shape index (κ1) is 23.0. The summed E-state index contributed by atoms with van der Waals surface area (Å²) < 4.78 is 16.4. The van der Waals surface area contributed by atoms with Crippen LogP contribution in [-0.4, -0.2) is 25.5 Å². The van der Waals surface area contributed by atoms with Crippen LogP contribution in [0.15, 0.2) is 66.7 Å². The number of hydrogen-bond donors (Lipinski definition) is 2. The fourth-order valence-corrected chi connectivity index (χ4v) is 2.85. The largest absolute Gasteiger partial charge is 0.493 e. The molecule has 8 heteroatoms. The number of amides is 2. The highest BCUT2D eigenvalue weighted by atomic mass is 35.5. The average Bonchev–Trinajstić information content (AvgIpc) is 2.81. The van der Waals surface area contributed by atoms with Crippen LogP contribution in [0.2, 0.25) is 5.02 Å². The molecule has 0 unspecified atom stereocenters. The number of rotatable bonds is 8. The summed E-state index contributed by atoms with van der Waals surface area (Å²) in [7, 11) is 1.52. The molecule has 32 heavy (non-hydrogen) atoms. The minimum Gasteiger partial charge on any atom is -0.493 e. The summed E-state index contributed by atoms with van der Waals surface area (Å²) in [6, 6.07) is 19.3. The number of hydrazine groups is 1. The first-order valence-electron chi connectivity index (χ1n) is 9.78. The van der Waals surface area contributed by atoms with Gasteiger partial charge in [-0.05, 0) is 66.6 Å². The molecule has 2 amide bonds. The second kappa shape index (κ2) is 11.1. The molecule has 0 atom stereocenters. The SMILES string of the molecule is COc1cc(C)ccc1OCC(=O)NNC(=O)c1ccc(COc2ccc(Cl)cc2)cc1. The third kappa shape index (κ3) is 6.65. The van der Waals surface area contributed by atoms with E-state index in [4.69, 9.17) is 25.8 Å². The van der Waals surface area contributed by atoms with Crippen molar-refractivity contribution in [3.8, 4) is 17.2 Å². The summed E-state index contributed by atoms with van der Waals surface area (Å²) in [4.78, 5) is 24.3. The fourth-order valence-electron chi connectivity index (χ4n) is 2.72. The summed E-state index contributed by atoms with van der Waals surface area (Å²) in [5.41, 5.74) is 6.98. The maximum atomic E-state index is 12.3. The Bertz CT molecular complexity index is 1070. The lowest BCUT2D eigenvalue weighted by Gasteiger charge is -2.12. The zero-order chi connectivity index (χ0) is 22.9. The third-order valence-corrected chi connectivity index (χ3v) is 4.68. The molecule has 0 saturated carbocycles. The molecule has 0 aliphatic heterocycles. The van der Waals surface area contributed by atoms with Gasteiger partial charge in [-0.15, -0.1) is 0 Å². The molecule has 3 aromatic rings. The van der Waals surface area contributed by atoms with Crippen LogP contribution >= 0.6 is 11.6 Å². The number of nitrogens with one attached hydrogen (secondary N) is 2. The van der Waals surface area contributed by atoms with Crippen molar-refractivity contribution in [1.29, 1.82) is 0 Å². The van der Waals surface area contributed by atoms with E-state index in [9.17, 15) is 9.59 Å². The summed E-state index contributed by atoms with van der Waals surface area (Å²) in [5.74, 6) is 0.716. The van der Waals surface area contributed by atoms with Gasteiger partial charge >= 0.3 is 0 Å². The molecule has 0 aliphatic carbocycles. The molecule has 3 aromatic carbocycles. The monoisotopic (exact) mass is 454 g/mol. The molecular weight excluding hydrogens is 432 g/mol. The Labute approximate surface area is 191 Å². The van der Waals surface area contributed by atoms with Crippen LogP contribution in [0.25, 0.3) is 0 Å². The standard InChI is InChI=1S/C24H23ClN2O5/c1-16-3-12-21(22(13-16)30-2)32-15-23(28)26-27-24(29)18-6-4-17(5-7-18)14-31-20-10-8-19(25)9-11-20/h3-13H,14-15H2,1-2H3,(H,26,28)(H,27,29). The van der Waals surface area contributed by atoms with Gasteiger partial charge in [0.1, 0.15) is 12.4 Å². The van der Waals surface area contributed by atoms with Crippen LogP contribution < -0.4 is 25.1 Å². The lowest BCUT2D eigenvalue weighted by Crippen LogP contribution is -2.43. The predicted molar refractivity (Wildman–Crippen MR) is 121 cm³/mol. The molecule has 2 N–H and O–H groups in total. The van der Waals surface area contributed by atoms with Crippen molar-refractivity contribution in [1.82, 2.24) is 10.9 Å². The molecule has 0 bridgehead atoms. The van der Waals surface area contributed by atoms with E-state index in [0.717, 1.165) is 11.1 Å². The van der Waals surface area contributed by atoms with Crippen LogP contribution in [0.5, 0.6) is 17.2 Å². The first-order valence-corrected chi connectivity index (χ1v) is 10.2. The quantitative estimate of drug-likeness (QED) is 0.501. The molecule has 0 spiro atoms. The molecule has 0 fully saturated rings. The zero-order valence-electron chi connectivity index (χ0n) is 17.7. The van der Waals surface area contributed by atoms with Crippen molar-refractivity contribution in [3.63, 3.8) is 0 Å². The Balaban J connectivity index is 1.44. The molecule has 0 aliphatic rings. The summed E-state index contributed by atoms with van der Waals surface area (Å²) in [5, 5.41) is 0.640. The number of carbonyl (C=O) groups is 2. The molecular formula is C24H23ClN2O5. The highest BCUT2D eigenvalue weighted by molar-refractivity contribution is 6.30. The molecule has 0 saturated heterocycles. The van der Waals surface area contributed by atoms with E-state index in [1.807, 2.05) is 13.0 Å². The van der Waals surface area contributed by atoms with Crippen LogP contribution in [0.1, 0.15) is 21.5 Å². The van der Waals surface area contributed by atoms with Gasteiger partial charge in [0.05, 0.1) is 7.11 Å². The number of halogens is 1. The van der Waals surface area contributed by atoms with Crippen molar-refractivity contribution in [2.24, 2.45) is 0 Å². The van der Waals surface area contributed by atoms with Crippen LogP contribution in [0.4, 0.5) is 0 Å².